The summed E-state index contributed by atoms with van der Waals surface area (Å²) in [7, 11) is -3.66. The second-order valence-corrected chi connectivity index (χ2v) is 19.4. The maximum atomic E-state index is 12.6. The number of carbonyl (C=O) groups excluding carboxylic acids is 1. The average Bonchev–Trinajstić information content (AvgIpc) is 2.43. The van der Waals surface area contributed by atoms with Crippen LogP contribution in [0.4, 0.5) is 0 Å². The van der Waals surface area contributed by atoms with Crippen molar-refractivity contribution in [1.29, 1.82) is 0 Å². The maximum Gasteiger partial charge on any atom is 0.192 e. The summed E-state index contributed by atoms with van der Waals surface area (Å²) in [5.74, 6) is 0.195. The van der Waals surface area contributed by atoms with Gasteiger partial charge in [-0.3, -0.25) is 0 Å². The molecule has 0 spiro atoms. The molecule has 1 rings (SSSR count). The minimum atomic E-state index is -1.91. The fourth-order valence-electron chi connectivity index (χ4n) is 2.36. The fraction of sp³-hybridized carbons (Fsp3) is 0.650. The van der Waals surface area contributed by atoms with Gasteiger partial charge in [0.05, 0.1) is 6.10 Å². The van der Waals surface area contributed by atoms with Crippen LogP contribution < -0.4 is 0 Å². The fourth-order valence-corrected chi connectivity index (χ4v) is 4.65. The Morgan fingerprint density at radius 2 is 1.54 bits per heavy atom. The van der Waals surface area contributed by atoms with E-state index in [1.54, 1.807) is 0 Å². The summed E-state index contributed by atoms with van der Waals surface area (Å²) in [6.45, 7) is 19.9. The number of carbonyl (C=O) groups is 1. The summed E-state index contributed by atoms with van der Waals surface area (Å²) in [5, 5.41) is 0.595. The molecule has 0 amide bonds. The van der Waals surface area contributed by atoms with Crippen molar-refractivity contribution in [3.8, 4) is 0 Å². The SMILES string of the molecule is CC(CC(=O)[Si](C)(C)C)C(O[Si](C)(C)C(C)(C)C)c1ccccc1. The van der Waals surface area contributed by atoms with Gasteiger partial charge < -0.3 is 9.22 Å². The molecule has 2 unspecified atom stereocenters. The molecule has 0 aliphatic carbocycles. The predicted octanol–water partition coefficient (Wildman–Crippen LogP) is 6.22. The van der Waals surface area contributed by atoms with Gasteiger partial charge in [0.25, 0.3) is 0 Å². The summed E-state index contributed by atoms with van der Waals surface area (Å²) in [6, 6.07) is 10.4. The molecule has 136 valence electrons. The molecule has 2 atom stereocenters. The van der Waals surface area contributed by atoms with Crippen LogP contribution in [0.3, 0.4) is 0 Å². The van der Waals surface area contributed by atoms with Gasteiger partial charge in [0.2, 0.25) is 0 Å². The Kier molecular flexibility index (Phi) is 6.81. The number of hydrogen-bond donors (Lipinski definition) is 0. The van der Waals surface area contributed by atoms with Gasteiger partial charge in [-0.2, -0.15) is 0 Å². The largest absolute Gasteiger partial charge is 0.410 e. The van der Waals surface area contributed by atoms with Crippen molar-refractivity contribution in [1.82, 2.24) is 0 Å². The van der Waals surface area contributed by atoms with Crippen LogP contribution in [0.2, 0.25) is 37.8 Å². The highest BCUT2D eigenvalue weighted by molar-refractivity contribution is 7.03. The molecule has 1 aromatic rings. The van der Waals surface area contributed by atoms with Gasteiger partial charge in [-0.15, -0.1) is 0 Å². The average molecular weight is 365 g/mol. The van der Waals surface area contributed by atoms with Crippen LogP contribution in [0.5, 0.6) is 0 Å². The minimum Gasteiger partial charge on any atom is -0.410 e. The zero-order valence-corrected chi connectivity index (χ0v) is 19.1. The molecule has 0 fully saturated rings. The van der Waals surface area contributed by atoms with E-state index in [0.29, 0.717) is 11.8 Å². The Bertz CT molecular complexity index is 539. The summed E-state index contributed by atoms with van der Waals surface area (Å²) < 4.78 is 6.77. The van der Waals surface area contributed by atoms with Gasteiger partial charge in [-0.25, -0.2) is 0 Å². The lowest BCUT2D eigenvalue weighted by Gasteiger charge is -2.41. The number of rotatable bonds is 7. The molecule has 4 heteroatoms. The summed E-state index contributed by atoms with van der Waals surface area (Å²) in [5.41, 5.74) is 1.19. The monoisotopic (exact) mass is 364 g/mol. The molecule has 0 heterocycles. The molecule has 0 N–H and O–H groups in total. The van der Waals surface area contributed by atoms with Crippen molar-refractivity contribution in [2.45, 2.75) is 78.0 Å². The van der Waals surface area contributed by atoms with E-state index in [1.807, 2.05) is 6.07 Å². The lowest BCUT2D eigenvalue weighted by Crippen LogP contribution is -2.43. The van der Waals surface area contributed by atoms with E-state index in [2.05, 4.69) is 84.7 Å². The molecule has 24 heavy (non-hydrogen) atoms. The molecule has 0 saturated heterocycles. The second kappa shape index (κ2) is 7.67. The van der Waals surface area contributed by atoms with Gasteiger partial charge in [0, 0.05) is 6.42 Å². The Balaban J connectivity index is 3.09. The van der Waals surface area contributed by atoms with Crippen LogP contribution in [0.1, 0.15) is 45.8 Å². The standard InChI is InChI=1S/C20H36O2Si2/c1-16(15-18(21)23(5,6)7)19(17-13-11-10-12-14-17)22-24(8,9)20(2,3)4/h10-14,16,19H,15H2,1-9H3. The van der Waals surface area contributed by atoms with Crippen LogP contribution >= 0.6 is 0 Å². The summed E-state index contributed by atoms with van der Waals surface area (Å²) in [4.78, 5) is 12.6. The van der Waals surface area contributed by atoms with Crippen molar-refractivity contribution in [2.24, 2.45) is 5.92 Å². The molecule has 0 aromatic heterocycles. The molecule has 0 saturated carbocycles. The van der Waals surface area contributed by atoms with E-state index < -0.39 is 16.4 Å². The number of benzene rings is 1. The molecular weight excluding hydrogens is 328 g/mol. The van der Waals surface area contributed by atoms with Crippen molar-refractivity contribution in [3.63, 3.8) is 0 Å². The molecule has 0 aliphatic rings. The predicted molar refractivity (Wildman–Crippen MR) is 110 cm³/mol. The van der Waals surface area contributed by atoms with Crippen molar-refractivity contribution in [2.75, 3.05) is 0 Å². The van der Waals surface area contributed by atoms with Gasteiger partial charge in [-0.05, 0) is 29.6 Å². The van der Waals surface area contributed by atoms with E-state index in [1.165, 1.54) is 5.56 Å². The van der Waals surface area contributed by atoms with Crippen LogP contribution in [0.25, 0.3) is 0 Å². The Labute approximate surface area is 151 Å². The first kappa shape index (κ1) is 21.3. The highest BCUT2D eigenvalue weighted by atomic mass is 28.4. The normalized spacial score (nSPS) is 15.9. The van der Waals surface area contributed by atoms with E-state index in [0.717, 1.165) is 0 Å². The number of hydrogen-bond acceptors (Lipinski definition) is 2. The summed E-state index contributed by atoms with van der Waals surface area (Å²) in [6.07, 6.45) is 0.608. The van der Waals surface area contributed by atoms with Crippen LogP contribution in [0.15, 0.2) is 30.3 Å². The first-order valence-electron chi connectivity index (χ1n) is 9.02. The van der Waals surface area contributed by atoms with E-state index in [4.69, 9.17) is 4.43 Å². The topological polar surface area (TPSA) is 26.3 Å². The maximum absolute atomic E-state index is 12.6. The molecule has 0 radical (unpaired) electrons. The molecule has 1 aromatic carbocycles. The zero-order chi connectivity index (χ0) is 18.8. The molecular formula is C20H36O2Si2. The summed E-state index contributed by atoms with van der Waals surface area (Å²) >= 11 is 0. The highest BCUT2D eigenvalue weighted by Gasteiger charge is 2.41. The van der Waals surface area contributed by atoms with Crippen molar-refractivity contribution < 1.29 is 9.22 Å². The van der Waals surface area contributed by atoms with Crippen molar-refractivity contribution in [3.05, 3.63) is 35.9 Å². The van der Waals surface area contributed by atoms with Gasteiger partial charge >= 0.3 is 0 Å². The first-order chi connectivity index (χ1) is 10.8. The van der Waals surface area contributed by atoms with Gasteiger partial charge in [-0.1, -0.05) is 77.7 Å². The van der Waals surface area contributed by atoms with Gasteiger partial charge in [0.15, 0.2) is 8.32 Å². The molecule has 2 nitrogen and oxygen atoms in total. The van der Waals surface area contributed by atoms with Crippen LogP contribution in [0, 0.1) is 5.92 Å². The van der Waals surface area contributed by atoms with Crippen molar-refractivity contribution >= 4 is 21.8 Å². The third-order valence-corrected chi connectivity index (χ3v) is 11.5. The Hall–Kier alpha value is -0.716. The lowest BCUT2D eigenvalue weighted by atomic mass is 9.95. The third kappa shape index (κ3) is 5.67. The van der Waals surface area contributed by atoms with Crippen LogP contribution in [-0.2, 0) is 9.22 Å². The minimum absolute atomic E-state index is 0.00704. The molecule has 0 bridgehead atoms. The quantitative estimate of drug-likeness (QED) is 0.537. The van der Waals surface area contributed by atoms with Crippen LogP contribution in [-0.4, -0.2) is 21.8 Å². The second-order valence-electron chi connectivity index (χ2n) is 9.56. The molecule has 0 aliphatic heterocycles. The highest BCUT2D eigenvalue weighted by Crippen LogP contribution is 2.42. The Morgan fingerprint density at radius 1 is 1.04 bits per heavy atom. The van der Waals surface area contributed by atoms with E-state index in [9.17, 15) is 4.79 Å². The smallest absolute Gasteiger partial charge is 0.192 e. The third-order valence-electron chi connectivity index (χ3n) is 5.22. The van der Waals surface area contributed by atoms with Gasteiger partial charge in [0.1, 0.15) is 13.5 Å². The zero-order valence-electron chi connectivity index (χ0n) is 17.1. The lowest BCUT2D eigenvalue weighted by molar-refractivity contribution is -0.114. The first-order valence-corrected chi connectivity index (χ1v) is 15.4. The van der Waals surface area contributed by atoms with E-state index in [-0.39, 0.29) is 17.1 Å². The van der Waals surface area contributed by atoms with E-state index >= 15 is 0 Å². The Morgan fingerprint density at radius 3 is 1.96 bits per heavy atom.